The molecule has 0 amide bonds. The Kier molecular flexibility index (Phi) is 4.99. The summed E-state index contributed by atoms with van der Waals surface area (Å²) in [5, 5.41) is 20.2. The first-order valence-corrected chi connectivity index (χ1v) is 6.70. The Balaban J connectivity index is 0.00000176. The number of rotatable bonds is 4. The van der Waals surface area contributed by atoms with Crippen LogP contribution in [0.4, 0.5) is 0 Å². The fourth-order valence-corrected chi connectivity index (χ4v) is 2.46. The van der Waals surface area contributed by atoms with E-state index in [4.69, 9.17) is 9.84 Å². The first kappa shape index (κ1) is 16.3. The molecule has 0 saturated carbocycles. The number of halogens is 1. The first-order valence-electron chi connectivity index (χ1n) is 6.70. The summed E-state index contributed by atoms with van der Waals surface area (Å²) in [5.74, 6) is -0.0385. The summed E-state index contributed by atoms with van der Waals surface area (Å²) >= 11 is 0. The summed E-state index contributed by atoms with van der Waals surface area (Å²) in [6.07, 6.45) is 2.36. The monoisotopic (exact) mass is 324 g/mol. The average molecular weight is 325 g/mol. The number of benzene rings is 1. The molecule has 22 heavy (non-hydrogen) atoms. The molecule has 0 aliphatic carbocycles. The van der Waals surface area contributed by atoms with Crippen molar-refractivity contribution in [2.24, 2.45) is 0 Å². The molecule has 2 heterocycles. The van der Waals surface area contributed by atoms with Crippen molar-refractivity contribution >= 4 is 18.4 Å². The van der Waals surface area contributed by atoms with Gasteiger partial charge >= 0.3 is 5.97 Å². The number of carbonyl (C=O) groups is 1. The molecule has 1 fully saturated rings. The number of ether oxygens (including phenoxy) is 1. The van der Waals surface area contributed by atoms with Crippen LogP contribution in [-0.2, 0) is 4.79 Å². The van der Waals surface area contributed by atoms with Crippen molar-refractivity contribution in [2.45, 2.75) is 18.5 Å². The minimum Gasteiger partial charge on any atom is -0.497 e. The first-order chi connectivity index (χ1) is 10.2. The highest BCUT2D eigenvalue weighted by Gasteiger charge is 2.30. The van der Waals surface area contributed by atoms with Crippen LogP contribution in [0.1, 0.15) is 12.5 Å². The molecule has 0 unspecified atom stereocenters. The van der Waals surface area contributed by atoms with Gasteiger partial charge in [-0.3, -0.25) is 4.79 Å². The van der Waals surface area contributed by atoms with Crippen molar-refractivity contribution in [1.29, 1.82) is 0 Å². The van der Waals surface area contributed by atoms with Crippen molar-refractivity contribution in [3.8, 4) is 17.0 Å². The summed E-state index contributed by atoms with van der Waals surface area (Å²) in [6.45, 7) is 0.586. The Bertz CT molecular complexity index is 644. The summed E-state index contributed by atoms with van der Waals surface area (Å²) in [5.41, 5.74) is 1.71. The third kappa shape index (κ3) is 3.20. The standard InChI is InChI=1S/C14H16N4O3.ClH/c1-21-11-4-2-9(3-5-11)13-8-18(17-16-13)10-6-12(14(19)20)15-7-10;/h2-5,8,10,12,15H,6-7H2,1H3,(H,19,20);1H/t10-,12-;/m0./s1. The van der Waals surface area contributed by atoms with Gasteiger partial charge in [-0.2, -0.15) is 0 Å². The van der Waals surface area contributed by atoms with Crippen LogP contribution in [0.2, 0.25) is 0 Å². The van der Waals surface area contributed by atoms with Crippen LogP contribution in [0.15, 0.2) is 30.5 Å². The van der Waals surface area contributed by atoms with E-state index in [1.807, 2.05) is 30.5 Å². The van der Waals surface area contributed by atoms with E-state index in [0.717, 1.165) is 17.0 Å². The maximum atomic E-state index is 10.9. The number of hydrogen-bond acceptors (Lipinski definition) is 5. The molecular weight excluding hydrogens is 308 g/mol. The fourth-order valence-electron chi connectivity index (χ4n) is 2.46. The van der Waals surface area contributed by atoms with Crippen molar-refractivity contribution in [2.75, 3.05) is 13.7 Å². The number of carboxylic acids is 1. The van der Waals surface area contributed by atoms with Gasteiger partial charge in [0.15, 0.2) is 0 Å². The van der Waals surface area contributed by atoms with Gasteiger partial charge in [0.05, 0.1) is 19.3 Å². The second kappa shape index (κ2) is 6.76. The molecule has 1 saturated heterocycles. The van der Waals surface area contributed by atoms with Gasteiger partial charge < -0.3 is 15.2 Å². The molecule has 8 heteroatoms. The summed E-state index contributed by atoms with van der Waals surface area (Å²) in [4.78, 5) is 10.9. The van der Waals surface area contributed by atoms with Gasteiger partial charge in [0.2, 0.25) is 0 Å². The number of methoxy groups -OCH3 is 1. The normalized spacial score (nSPS) is 20.4. The smallest absolute Gasteiger partial charge is 0.320 e. The van der Waals surface area contributed by atoms with Gasteiger partial charge in [-0.25, -0.2) is 4.68 Å². The van der Waals surface area contributed by atoms with Crippen LogP contribution in [-0.4, -0.2) is 45.8 Å². The Hall–Kier alpha value is -2.12. The molecule has 2 aromatic rings. The van der Waals surface area contributed by atoms with Gasteiger partial charge in [-0.05, 0) is 30.7 Å². The number of aromatic nitrogens is 3. The van der Waals surface area contributed by atoms with Gasteiger partial charge in [0.25, 0.3) is 0 Å². The second-order valence-electron chi connectivity index (χ2n) is 5.00. The molecule has 0 bridgehead atoms. The molecule has 0 spiro atoms. The van der Waals surface area contributed by atoms with E-state index in [9.17, 15) is 4.79 Å². The van der Waals surface area contributed by atoms with Crippen LogP contribution in [0, 0.1) is 0 Å². The van der Waals surface area contributed by atoms with Gasteiger partial charge in [0.1, 0.15) is 17.5 Å². The lowest BCUT2D eigenvalue weighted by Crippen LogP contribution is -2.29. The molecule has 1 aromatic carbocycles. The second-order valence-corrected chi connectivity index (χ2v) is 5.00. The molecule has 0 radical (unpaired) electrons. The minimum atomic E-state index is -0.826. The molecule has 1 aliphatic rings. The van der Waals surface area contributed by atoms with Gasteiger partial charge in [0, 0.05) is 12.1 Å². The van der Waals surface area contributed by atoms with Crippen LogP contribution in [0.25, 0.3) is 11.3 Å². The van der Waals surface area contributed by atoms with Crippen molar-refractivity contribution in [1.82, 2.24) is 20.3 Å². The number of hydrogen-bond donors (Lipinski definition) is 2. The number of nitrogens with one attached hydrogen (secondary N) is 1. The highest BCUT2D eigenvalue weighted by atomic mass is 35.5. The van der Waals surface area contributed by atoms with Crippen molar-refractivity contribution in [3.05, 3.63) is 30.5 Å². The minimum absolute atomic E-state index is 0. The van der Waals surface area contributed by atoms with Crippen molar-refractivity contribution in [3.63, 3.8) is 0 Å². The van der Waals surface area contributed by atoms with Crippen LogP contribution < -0.4 is 10.1 Å². The molecular formula is C14H17ClN4O3. The fraction of sp³-hybridized carbons (Fsp3) is 0.357. The molecule has 7 nitrogen and oxygen atoms in total. The van der Waals surface area contributed by atoms with E-state index in [1.54, 1.807) is 11.8 Å². The lowest BCUT2D eigenvalue weighted by Gasteiger charge is -2.07. The SMILES string of the molecule is COc1ccc(-c2cn([C@@H]3CN[C@H](C(=O)O)C3)nn2)cc1.Cl. The Morgan fingerprint density at radius 1 is 1.41 bits per heavy atom. The van der Waals surface area contributed by atoms with E-state index in [2.05, 4.69) is 15.6 Å². The summed E-state index contributed by atoms with van der Waals surface area (Å²) in [6, 6.07) is 7.08. The summed E-state index contributed by atoms with van der Waals surface area (Å²) < 4.78 is 6.85. The lowest BCUT2D eigenvalue weighted by atomic mass is 10.1. The van der Waals surface area contributed by atoms with E-state index >= 15 is 0 Å². The van der Waals surface area contributed by atoms with Gasteiger partial charge in [-0.15, -0.1) is 17.5 Å². The molecule has 3 rings (SSSR count). The van der Waals surface area contributed by atoms with E-state index in [1.165, 1.54) is 0 Å². The molecule has 118 valence electrons. The topological polar surface area (TPSA) is 89.3 Å². The predicted octanol–water partition coefficient (Wildman–Crippen LogP) is 1.36. The van der Waals surface area contributed by atoms with E-state index in [0.29, 0.717) is 13.0 Å². The molecule has 2 N–H and O–H groups in total. The molecule has 2 atom stereocenters. The quantitative estimate of drug-likeness (QED) is 0.882. The zero-order valence-electron chi connectivity index (χ0n) is 12.0. The molecule has 1 aromatic heterocycles. The highest BCUT2D eigenvalue weighted by Crippen LogP contribution is 2.23. The predicted molar refractivity (Wildman–Crippen MR) is 82.3 cm³/mol. The zero-order valence-corrected chi connectivity index (χ0v) is 12.8. The number of nitrogens with zero attached hydrogens (tertiary/aromatic N) is 3. The molecule has 1 aliphatic heterocycles. The van der Waals surface area contributed by atoms with Gasteiger partial charge in [-0.1, -0.05) is 5.21 Å². The summed E-state index contributed by atoms with van der Waals surface area (Å²) in [7, 11) is 1.62. The largest absolute Gasteiger partial charge is 0.497 e. The average Bonchev–Trinajstić information content (AvgIpc) is 3.16. The third-order valence-electron chi connectivity index (χ3n) is 3.68. The number of carboxylic acid groups (broad SMARTS) is 1. The van der Waals surface area contributed by atoms with Crippen molar-refractivity contribution < 1.29 is 14.6 Å². The van der Waals surface area contributed by atoms with E-state index in [-0.39, 0.29) is 18.4 Å². The van der Waals surface area contributed by atoms with E-state index < -0.39 is 12.0 Å². The maximum absolute atomic E-state index is 10.9. The van der Waals surface area contributed by atoms with Crippen LogP contribution >= 0.6 is 12.4 Å². The third-order valence-corrected chi connectivity index (χ3v) is 3.68. The Morgan fingerprint density at radius 3 is 2.73 bits per heavy atom. The van der Waals surface area contributed by atoms with Crippen LogP contribution in [0.3, 0.4) is 0 Å². The lowest BCUT2D eigenvalue weighted by molar-refractivity contribution is -0.139. The zero-order chi connectivity index (χ0) is 14.8. The highest BCUT2D eigenvalue weighted by molar-refractivity contribution is 5.85. The maximum Gasteiger partial charge on any atom is 0.320 e. The number of aliphatic carboxylic acids is 1. The Morgan fingerprint density at radius 2 is 2.14 bits per heavy atom. The van der Waals surface area contributed by atoms with Crippen LogP contribution in [0.5, 0.6) is 5.75 Å². The Labute approximate surface area is 133 Å².